The fraction of sp³-hybridized carbons (Fsp3) is 0.286. The Kier molecular flexibility index (Phi) is 3.63. The Morgan fingerprint density at radius 1 is 1.50 bits per heavy atom. The average molecular weight is 241 g/mol. The van der Waals surface area contributed by atoms with Gasteiger partial charge in [-0.25, -0.2) is 4.79 Å². The smallest absolute Gasteiger partial charge is 0.318 e. The number of urea groups is 1. The van der Waals surface area contributed by atoms with Crippen molar-refractivity contribution in [1.29, 1.82) is 5.26 Å². The van der Waals surface area contributed by atoms with Gasteiger partial charge in [-0.2, -0.15) is 5.26 Å². The average Bonchev–Trinajstić information content (AvgIpc) is 3.21. The number of carbonyl (C=O) groups excluding carboxylic acids is 1. The number of benzene rings is 1. The van der Waals surface area contributed by atoms with Gasteiger partial charge in [-0.1, -0.05) is 6.08 Å². The monoisotopic (exact) mass is 241 g/mol. The molecule has 4 nitrogen and oxygen atoms in total. The highest BCUT2D eigenvalue weighted by atomic mass is 16.2. The van der Waals surface area contributed by atoms with Crippen LogP contribution in [0, 0.1) is 11.3 Å². The van der Waals surface area contributed by atoms with Crippen molar-refractivity contribution in [3.05, 3.63) is 42.5 Å². The summed E-state index contributed by atoms with van der Waals surface area (Å²) in [4.78, 5) is 13.8. The van der Waals surface area contributed by atoms with Gasteiger partial charge in [0.15, 0.2) is 0 Å². The van der Waals surface area contributed by atoms with Gasteiger partial charge in [0, 0.05) is 18.3 Å². The van der Waals surface area contributed by atoms with E-state index in [1.54, 1.807) is 35.2 Å². The van der Waals surface area contributed by atoms with Crippen molar-refractivity contribution in [1.82, 2.24) is 4.90 Å². The molecule has 1 fully saturated rings. The highest BCUT2D eigenvalue weighted by Gasteiger charge is 2.31. The molecule has 1 aliphatic carbocycles. The highest BCUT2D eigenvalue weighted by molar-refractivity contribution is 5.89. The van der Waals surface area contributed by atoms with E-state index in [4.69, 9.17) is 5.26 Å². The molecule has 0 saturated heterocycles. The Balaban J connectivity index is 2.00. The molecule has 2 amide bonds. The van der Waals surface area contributed by atoms with Crippen molar-refractivity contribution in [3.63, 3.8) is 0 Å². The van der Waals surface area contributed by atoms with E-state index in [9.17, 15) is 4.79 Å². The zero-order chi connectivity index (χ0) is 13.0. The van der Waals surface area contributed by atoms with Crippen LogP contribution in [0.15, 0.2) is 36.9 Å². The van der Waals surface area contributed by atoms with E-state index in [2.05, 4.69) is 11.9 Å². The first kappa shape index (κ1) is 12.2. The van der Waals surface area contributed by atoms with Crippen molar-refractivity contribution >= 4 is 11.7 Å². The van der Waals surface area contributed by atoms with Crippen LogP contribution in [0.1, 0.15) is 18.4 Å². The van der Waals surface area contributed by atoms with Crippen molar-refractivity contribution in [3.8, 4) is 6.07 Å². The van der Waals surface area contributed by atoms with Crippen LogP contribution in [-0.2, 0) is 0 Å². The van der Waals surface area contributed by atoms with Crippen LogP contribution in [-0.4, -0.2) is 23.5 Å². The molecule has 4 heteroatoms. The first-order chi connectivity index (χ1) is 8.74. The molecule has 92 valence electrons. The molecule has 2 rings (SSSR count). The van der Waals surface area contributed by atoms with E-state index in [0.717, 1.165) is 12.8 Å². The van der Waals surface area contributed by atoms with Crippen LogP contribution in [0.3, 0.4) is 0 Å². The molecule has 1 aromatic rings. The SMILES string of the molecule is C=CCN(C(=O)Nc1ccc(C#N)cc1)C1CC1. The quantitative estimate of drug-likeness (QED) is 0.824. The second-order valence-electron chi connectivity index (χ2n) is 4.29. The van der Waals surface area contributed by atoms with E-state index in [-0.39, 0.29) is 6.03 Å². The predicted molar refractivity (Wildman–Crippen MR) is 70.1 cm³/mol. The molecule has 1 aromatic carbocycles. The van der Waals surface area contributed by atoms with Crippen molar-refractivity contribution in [2.24, 2.45) is 0 Å². The number of carbonyl (C=O) groups is 1. The predicted octanol–water partition coefficient (Wildman–Crippen LogP) is 2.74. The van der Waals surface area contributed by atoms with Crippen molar-refractivity contribution in [2.45, 2.75) is 18.9 Å². The largest absolute Gasteiger partial charge is 0.322 e. The van der Waals surface area contributed by atoms with Gasteiger partial charge < -0.3 is 10.2 Å². The topological polar surface area (TPSA) is 56.1 Å². The van der Waals surface area contributed by atoms with Gasteiger partial charge in [0.1, 0.15) is 0 Å². The molecule has 0 heterocycles. The summed E-state index contributed by atoms with van der Waals surface area (Å²) < 4.78 is 0. The minimum atomic E-state index is -0.109. The van der Waals surface area contributed by atoms with Crippen LogP contribution in [0.25, 0.3) is 0 Å². The Morgan fingerprint density at radius 3 is 2.67 bits per heavy atom. The number of hydrogen-bond donors (Lipinski definition) is 1. The summed E-state index contributed by atoms with van der Waals surface area (Å²) in [5, 5.41) is 11.5. The molecule has 0 aromatic heterocycles. The number of rotatable bonds is 4. The van der Waals surface area contributed by atoms with Crippen LogP contribution in [0.2, 0.25) is 0 Å². The fourth-order valence-corrected chi connectivity index (χ4v) is 1.75. The lowest BCUT2D eigenvalue weighted by Crippen LogP contribution is -2.36. The number of hydrogen-bond acceptors (Lipinski definition) is 2. The van der Waals surface area contributed by atoms with Gasteiger partial charge in [0.05, 0.1) is 11.6 Å². The summed E-state index contributed by atoms with van der Waals surface area (Å²) in [6, 6.07) is 9.12. The van der Waals surface area contributed by atoms with Gasteiger partial charge in [-0.15, -0.1) is 6.58 Å². The number of anilines is 1. The second kappa shape index (κ2) is 5.37. The van der Waals surface area contributed by atoms with Gasteiger partial charge in [-0.3, -0.25) is 0 Å². The lowest BCUT2D eigenvalue weighted by Gasteiger charge is -2.21. The molecule has 1 aliphatic rings. The molecule has 1 N–H and O–H groups in total. The fourth-order valence-electron chi connectivity index (χ4n) is 1.75. The van der Waals surface area contributed by atoms with Crippen molar-refractivity contribution in [2.75, 3.05) is 11.9 Å². The Hall–Kier alpha value is -2.28. The number of nitrogens with one attached hydrogen (secondary N) is 1. The molecular formula is C14H15N3O. The lowest BCUT2D eigenvalue weighted by molar-refractivity contribution is 0.215. The molecule has 1 saturated carbocycles. The number of nitrogens with zero attached hydrogens (tertiary/aromatic N) is 2. The van der Waals surface area contributed by atoms with E-state index >= 15 is 0 Å². The number of amides is 2. The standard InChI is InChI=1S/C14H15N3O/c1-2-9-17(13-7-8-13)14(18)16-12-5-3-11(10-15)4-6-12/h2-6,13H,1,7-9H2,(H,16,18). The summed E-state index contributed by atoms with van der Waals surface area (Å²) in [7, 11) is 0. The molecule has 0 spiro atoms. The van der Waals surface area contributed by atoms with E-state index in [1.165, 1.54) is 0 Å². The maximum atomic E-state index is 12.0. The minimum Gasteiger partial charge on any atom is -0.318 e. The van der Waals surface area contributed by atoms with Crippen molar-refractivity contribution < 1.29 is 4.79 Å². The summed E-state index contributed by atoms with van der Waals surface area (Å²) in [5.41, 5.74) is 1.28. The second-order valence-corrected chi connectivity index (χ2v) is 4.29. The van der Waals surface area contributed by atoms with Gasteiger partial charge in [0.2, 0.25) is 0 Å². The molecule has 0 unspecified atom stereocenters. The minimum absolute atomic E-state index is 0.109. The highest BCUT2D eigenvalue weighted by Crippen LogP contribution is 2.27. The molecule has 0 atom stereocenters. The molecule has 0 radical (unpaired) electrons. The van der Waals surface area contributed by atoms with E-state index in [1.807, 2.05) is 6.07 Å². The van der Waals surface area contributed by atoms with E-state index in [0.29, 0.717) is 23.8 Å². The van der Waals surface area contributed by atoms with Gasteiger partial charge in [-0.05, 0) is 37.1 Å². The molecule has 0 aliphatic heterocycles. The maximum absolute atomic E-state index is 12.0. The maximum Gasteiger partial charge on any atom is 0.322 e. The normalized spacial score (nSPS) is 13.5. The Bertz CT molecular complexity index is 483. The number of nitriles is 1. The summed E-state index contributed by atoms with van der Waals surface area (Å²) in [5.74, 6) is 0. The summed E-state index contributed by atoms with van der Waals surface area (Å²) >= 11 is 0. The summed E-state index contributed by atoms with van der Waals surface area (Å²) in [6.07, 6.45) is 3.86. The molecule has 18 heavy (non-hydrogen) atoms. The molecular weight excluding hydrogens is 226 g/mol. The zero-order valence-electron chi connectivity index (χ0n) is 10.1. The molecule has 0 bridgehead atoms. The van der Waals surface area contributed by atoms with Crippen LogP contribution in [0.5, 0.6) is 0 Å². The van der Waals surface area contributed by atoms with Gasteiger partial charge >= 0.3 is 6.03 Å². The third-order valence-electron chi connectivity index (χ3n) is 2.84. The van der Waals surface area contributed by atoms with Crippen LogP contribution in [0.4, 0.5) is 10.5 Å². The first-order valence-electron chi connectivity index (χ1n) is 5.93. The zero-order valence-corrected chi connectivity index (χ0v) is 10.1. The third kappa shape index (κ3) is 2.89. The van der Waals surface area contributed by atoms with Crippen LogP contribution >= 0.6 is 0 Å². The summed E-state index contributed by atoms with van der Waals surface area (Å²) in [6.45, 7) is 4.23. The van der Waals surface area contributed by atoms with Crippen LogP contribution < -0.4 is 5.32 Å². The first-order valence-corrected chi connectivity index (χ1v) is 5.93. The lowest BCUT2D eigenvalue weighted by atomic mass is 10.2. The van der Waals surface area contributed by atoms with Gasteiger partial charge in [0.25, 0.3) is 0 Å². The Labute approximate surface area is 107 Å². The third-order valence-corrected chi connectivity index (χ3v) is 2.84. The Morgan fingerprint density at radius 2 is 2.17 bits per heavy atom. The van der Waals surface area contributed by atoms with E-state index < -0.39 is 0 Å².